The van der Waals surface area contributed by atoms with Crippen molar-refractivity contribution in [1.29, 1.82) is 0 Å². The average Bonchev–Trinajstić information content (AvgIpc) is 3.48. The molecule has 0 bridgehead atoms. The molecule has 2 saturated carbocycles. The summed E-state index contributed by atoms with van der Waals surface area (Å²) in [5.74, 6) is -0.920. The number of rotatable bonds is 4. The minimum Gasteiger partial charge on any atom is -0.370 e. The first-order valence-corrected chi connectivity index (χ1v) is 12.4. The Kier molecular flexibility index (Phi) is 5.36. The van der Waals surface area contributed by atoms with Crippen molar-refractivity contribution in [2.24, 2.45) is 5.92 Å². The van der Waals surface area contributed by atoms with E-state index >= 15 is 0 Å². The van der Waals surface area contributed by atoms with Gasteiger partial charge in [-0.15, -0.1) is 0 Å². The van der Waals surface area contributed by atoms with Gasteiger partial charge in [-0.25, -0.2) is 19.9 Å². The molecule has 35 heavy (non-hydrogen) atoms. The van der Waals surface area contributed by atoms with E-state index in [0.29, 0.717) is 35.1 Å². The fraction of sp³-hybridized carbons (Fsp3) is 0.640. The molecule has 3 fully saturated rings. The molecule has 10 heteroatoms. The molecule has 3 aromatic rings. The smallest absolute Gasteiger partial charge is 0.370 e. The van der Waals surface area contributed by atoms with Gasteiger partial charge < -0.3 is 4.74 Å². The molecular formula is C25H29F3N6O. The predicted molar refractivity (Wildman–Crippen MR) is 122 cm³/mol. The van der Waals surface area contributed by atoms with Gasteiger partial charge in [0.2, 0.25) is 0 Å². The zero-order valence-electron chi connectivity index (χ0n) is 20.1. The second-order valence-electron chi connectivity index (χ2n) is 10.5. The molecule has 0 amide bonds. The lowest BCUT2D eigenvalue weighted by Gasteiger charge is -2.37. The number of aryl methyl sites for hydroxylation is 2. The Bertz CT molecular complexity index is 1260. The van der Waals surface area contributed by atoms with Crippen LogP contribution in [0.3, 0.4) is 0 Å². The largest absolute Gasteiger partial charge is 0.391 e. The summed E-state index contributed by atoms with van der Waals surface area (Å²) >= 11 is 0. The van der Waals surface area contributed by atoms with Gasteiger partial charge in [0.1, 0.15) is 11.3 Å². The number of nitrogens with zero attached hydrogens (tertiary/aromatic N) is 6. The highest BCUT2D eigenvalue weighted by Gasteiger charge is 2.49. The molecule has 2 aliphatic carbocycles. The van der Waals surface area contributed by atoms with Crippen LogP contribution in [-0.2, 0) is 4.74 Å². The SMILES string of the molecule is Cc1nc2nc([C@@H]3C[C@H](C)O[C@@H](c4cnn(C5CC5)c4)C3)nc(C3CC(C(F)(F)F)C3)c2nc1C. The first-order chi connectivity index (χ1) is 16.7. The third-order valence-electron chi connectivity index (χ3n) is 7.77. The zero-order valence-corrected chi connectivity index (χ0v) is 20.1. The van der Waals surface area contributed by atoms with E-state index < -0.39 is 12.1 Å². The van der Waals surface area contributed by atoms with E-state index in [0.717, 1.165) is 36.2 Å². The minimum atomic E-state index is -4.17. The van der Waals surface area contributed by atoms with E-state index in [2.05, 4.69) is 21.3 Å². The predicted octanol–water partition coefficient (Wildman–Crippen LogP) is 5.65. The molecule has 0 radical (unpaired) electrons. The summed E-state index contributed by atoms with van der Waals surface area (Å²) in [7, 11) is 0. The summed E-state index contributed by atoms with van der Waals surface area (Å²) in [6.45, 7) is 5.77. The van der Waals surface area contributed by atoms with Gasteiger partial charge in [0, 0.05) is 23.6 Å². The van der Waals surface area contributed by atoms with Crippen LogP contribution in [0.1, 0.15) is 97.9 Å². The summed E-state index contributed by atoms with van der Waals surface area (Å²) in [6, 6.07) is 0.500. The molecule has 0 unspecified atom stereocenters. The van der Waals surface area contributed by atoms with E-state index in [4.69, 9.17) is 14.7 Å². The van der Waals surface area contributed by atoms with Crippen molar-refractivity contribution in [3.63, 3.8) is 0 Å². The summed E-state index contributed by atoms with van der Waals surface area (Å²) in [6.07, 6.45) is 3.50. The van der Waals surface area contributed by atoms with E-state index in [1.807, 2.05) is 31.6 Å². The van der Waals surface area contributed by atoms with Crippen LogP contribution in [0.15, 0.2) is 12.4 Å². The van der Waals surface area contributed by atoms with Gasteiger partial charge in [-0.3, -0.25) is 4.68 Å². The fourth-order valence-electron chi connectivity index (χ4n) is 5.36. The third kappa shape index (κ3) is 4.30. The van der Waals surface area contributed by atoms with Crippen molar-refractivity contribution in [1.82, 2.24) is 29.7 Å². The molecular weight excluding hydrogens is 457 g/mol. The first-order valence-electron chi connectivity index (χ1n) is 12.4. The number of halogens is 3. The van der Waals surface area contributed by atoms with Crippen LogP contribution in [0.4, 0.5) is 13.2 Å². The highest BCUT2D eigenvalue weighted by molar-refractivity contribution is 5.73. The number of hydrogen-bond acceptors (Lipinski definition) is 6. The molecule has 3 aliphatic rings. The summed E-state index contributed by atoms with van der Waals surface area (Å²) in [5.41, 5.74) is 4.17. The van der Waals surface area contributed by atoms with Gasteiger partial charge >= 0.3 is 6.18 Å². The molecule has 1 aliphatic heterocycles. The Hall–Kier alpha value is -2.62. The van der Waals surface area contributed by atoms with Crippen LogP contribution >= 0.6 is 0 Å². The lowest BCUT2D eigenvalue weighted by Crippen LogP contribution is -2.35. The van der Waals surface area contributed by atoms with Crippen LogP contribution in [-0.4, -0.2) is 42.0 Å². The second kappa shape index (κ2) is 8.21. The Morgan fingerprint density at radius 3 is 2.40 bits per heavy atom. The van der Waals surface area contributed by atoms with Crippen molar-refractivity contribution in [2.75, 3.05) is 0 Å². The van der Waals surface area contributed by atoms with Gasteiger partial charge in [0.15, 0.2) is 5.65 Å². The van der Waals surface area contributed by atoms with E-state index in [1.165, 1.54) is 0 Å². The maximum absolute atomic E-state index is 13.2. The molecule has 0 aromatic carbocycles. The summed E-state index contributed by atoms with van der Waals surface area (Å²) in [5, 5.41) is 4.51. The molecule has 3 aromatic heterocycles. The standard InChI is InChI=1S/C25H29F3N6O/c1-12-6-16(9-20(35-12)17-10-29-34(11-17)19-4-5-19)23-32-21(15-7-18(8-15)25(26,27)28)22-24(33-23)31-14(3)13(2)30-22/h10-12,15-16,18-20H,4-9H2,1-3H3/t12-,15?,16+,18?,20+/m0/s1. The van der Waals surface area contributed by atoms with Gasteiger partial charge in [-0.2, -0.15) is 18.3 Å². The maximum atomic E-state index is 13.2. The van der Waals surface area contributed by atoms with E-state index in [-0.39, 0.29) is 36.9 Å². The molecule has 7 nitrogen and oxygen atoms in total. The van der Waals surface area contributed by atoms with Crippen molar-refractivity contribution in [3.8, 4) is 0 Å². The highest BCUT2D eigenvalue weighted by atomic mass is 19.4. The number of aromatic nitrogens is 6. The lowest BCUT2D eigenvalue weighted by molar-refractivity contribution is -0.197. The third-order valence-corrected chi connectivity index (χ3v) is 7.77. The average molecular weight is 487 g/mol. The normalized spacial score (nSPS) is 29.4. The van der Waals surface area contributed by atoms with E-state index in [9.17, 15) is 13.2 Å². The molecule has 4 heterocycles. The fourth-order valence-corrected chi connectivity index (χ4v) is 5.36. The Morgan fingerprint density at radius 1 is 0.943 bits per heavy atom. The zero-order chi connectivity index (χ0) is 24.5. The van der Waals surface area contributed by atoms with E-state index in [1.54, 1.807) is 0 Å². The molecule has 186 valence electrons. The van der Waals surface area contributed by atoms with Crippen LogP contribution in [0.2, 0.25) is 0 Å². The number of hydrogen-bond donors (Lipinski definition) is 0. The summed E-state index contributed by atoms with van der Waals surface area (Å²) in [4.78, 5) is 19.0. The van der Waals surface area contributed by atoms with Crippen molar-refractivity contribution in [2.45, 2.75) is 95.6 Å². The quantitative estimate of drug-likeness (QED) is 0.474. The van der Waals surface area contributed by atoms with Crippen LogP contribution in [0.25, 0.3) is 11.2 Å². The molecule has 1 saturated heterocycles. The van der Waals surface area contributed by atoms with Crippen LogP contribution < -0.4 is 0 Å². The summed E-state index contributed by atoms with van der Waals surface area (Å²) < 4.78 is 47.9. The van der Waals surface area contributed by atoms with Crippen molar-refractivity contribution in [3.05, 3.63) is 40.9 Å². The monoisotopic (exact) mass is 486 g/mol. The highest BCUT2D eigenvalue weighted by Crippen LogP contribution is 2.50. The first kappa shape index (κ1) is 22.8. The lowest BCUT2D eigenvalue weighted by atomic mass is 9.72. The van der Waals surface area contributed by atoms with Crippen molar-refractivity contribution < 1.29 is 17.9 Å². The second-order valence-corrected chi connectivity index (χ2v) is 10.5. The molecule has 0 N–H and O–H groups in total. The molecule has 6 rings (SSSR count). The van der Waals surface area contributed by atoms with Gasteiger partial charge in [-0.05, 0) is 59.3 Å². The molecule has 3 atom stereocenters. The van der Waals surface area contributed by atoms with Gasteiger partial charge in [0.05, 0.1) is 47.4 Å². The topological polar surface area (TPSA) is 78.6 Å². The maximum Gasteiger partial charge on any atom is 0.391 e. The van der Waals surface area contributed by atoms with Crippen LogP contribution in [0, 0.1) is 19.8 Å². The van der Waals surface area contributed by atoms with Gasteiger partial charge in [-0.1, -0.05) is 0 Å². The number of fused-ring (bicyclic) bond motifs is 1. The van der Waals surface area contributed by atoms with Crippen LogP contribution in [0.5, 0.6) is 0 Å². The van der Waals surface area contributed by atoms with Crippen molar-refractivity contribution >= 4 is 11.2 Å². The number of alkyl halides is 3. The minimum absolute atomic E-state index is 0.00470. The van der Waals surface area contributed by atoms with Gasteiger partial charge in [0.25, 0.3) is 0 Å². The number of ether oxygens (including phenoxy) is 1. The Morgan fingerprint density at radius 2 is 1.69 bits per heavy atom. The molecule has 0 spiro atoms. The Balaban J connectivity index is 1.34. The Labute approximate surface area is 201 Å².